The molecular weight excluding hydrogens is 332 g/mol. The summed E-state index contributed by atoms with van der Waals surface area (Å²) in [6.45, 7) is 6.42. The van der Waals surface area contributed by atoms with Gasteiger partial charge in [0, 0.05) is 41.5 Å². The maximum absolute atomic E-state index is 11.4. The lowest BCUT2D eigenvalue weighted by Crippen LogP contribution is -2.31. The highest BCUT2D eigenvalue weighted by Crippen LogP contribution is 2.47. The van der Waals surface area contributed by atoms with E-state index in [2.05, 4.69) is 78.9 Å². The van der Waals surface area contributed by atoms with Crippen LogP contribution in [0.2, 0.25) is 0 Å². The number of benzene rings is 2. The van der Waals surface area contributed by atoms with Gasteiger partial charge in [0.1, 0.15) is 0 Å². The molecule has 140 valence electrons. The van der Waals surface area contributed by atoms with Crippen molar-refractivity contribution >= 4 is 10.9 Å². The van der Waals surface area contributed by atoms with E-state index in [0.29, 0.717) is 5.92 Å². The minimum atomic E-state index is -0.385. The molecule has 0 spiro atoms. The van der Waals surface area contributed by atoms with Gasteiger partial charge in [0.2, 0.25) is 0 Å². The van der Waals surface area contributed by atoms with Gasteiger partial charge < -0.3 is 14.6 Å². The molecule has 0 bridgehead atoms. The van der Waals surface area contributed by atoms with Gasteiger partial charge in [0.15, 0.2) is 0 Å². The minimum Gasteiger partial charge on any atom is -0.390 e. The standard InChI is InChI=1S/C24H28N2O/c1-15-9-10-22-20(11-15)21-14-25(3)13-18-12-19(17-7-5-4-6-8-17)24(27)16(2)26(22)23(18)21/h4-11,16,18-19,24,27H,12-14H2,1-3H3. The number of likely N-dealkylation sites (N-methyl/N-ethyl adjacent to an activating group) is 1. The number of aromatic nitrogens is 1. The molecule has 3 aromatic rings. The van der Waals surface area contributed by atoms with Gasteiger partial charge in [-0.15, -0.1) is 0 Å². The molecule has 4 atom stereocenters. The molecule has 0 fully saturated rings. The molecule has 0 amide bonds. The van der Waals surface area contributed by atoms with E-state index < -0.39 is 0 Å². The van der Waals surface area contributed by atoms with Gasteiger partial charge in [-0.2, -0.15) is 0 Å². The van der Waals surface area contributed by atoms with E-state index >= 15 is 0 Å². The zero-order valence-corrected chi connectivity index (χ0v) is 16.4. The van der Waals surface area contributed by atoms with E-state index in [-0.39, 0.29) is 18.1 Å². The van der Waals surface area contributed by atoms with E-state index in [1.807, 2.05) is 0 Å². The molecular formula is C24H28N2O. The molecule has 2 aliphatic rings. The molecule has 0 radical (unpaired) electrons. The topological polar surface area (TPSA) is 28.4 Å². The van der Waals surface area contributed by atoms with Crippen molar-refractivity contribution in [2.45, 2.75) is 50.8 Å². The van der Waals surface area contributed by atoms with E-state index in [1.165, 1.54) is 33.3 Å². The minimum absolute atomic E-state index is 0.0672. The Kier molecular flexibility index (Phi) is 3.92. The van der Waals surface area contributed by atoms with Crippen molar-refractivity contribution in [3.63, 3.8) is 0 Å². The predicted molar refractivity (Wildman–Crippen MR) is 110 cm³/mol. The summed E-state index contributed by atoms with van der Waals surface area (Å²) in [4.78, 5) is 2.45. The van der Waals surface area contributed by atoms with Crippen LogP contribution in [0.4, 0.5) is 0 Å². The van der Waals surface area contributed by atoms with Gasteiger partial charge in [-0.25, -0.2) is 0 Å². The number of hydrogen-bond acceptors (Lipinski definition) is 2. The number of hydrogen-bond donors (Lipinski definition) is 1. The van der Waals surface area contributed by atoms with Crippen LogP contribution >= 0.6 is 0 Å². The summed E-state index contributed by atoms with van der Waals surface area (Å²) >= 11 is 0. The van der Waals surface area contributed by atoms with Crippen LogP contribution in [0.1, 0.15) is 53.6 Å². The molecule has 0 aliphatic carbocycles. The van der Waals surface area contributed by atoms with Gasteiger partial charge in [0.05, 0.1) is 12.1 Å². The van der Waals surface area contributed by atoms with Crippen molar-refractivity contribution < 1.29 is 5.11 Å². The fraction of sp³-hybridized carbons (Fsp3) is 0.417. The third-order valence-electron chi connectivity index (χ3n) is 6.73. The Hall–Kier alpha value is -2.10. The third kappa shape index (κ3) is 2.56. The van der Waals surface area contributed by atoms with Crippen molar-refractivity contribution in [1.29, 1.82) is 0 Å². The van der Waals surface area contributed by atoms with Crippen molar-refractivity contribution in [3.05, 3.63) is 70.9 Å². The lowest BCUT2D eigenvalue weighted by Gasteiger charge is -2.32. The quantitative estimate of drug-likeness (QED) is 0.688. The highest BCUT2D eigenvalue weighted by Gasteiger charge is 2.40. The summed E-state index contributed by atoms with van der Waals surface area (Å²) in [5, 5.41) is 12.8. The molecule has 1 N–H and O–H groups in total. The first-order chi connectivity index (χ1) is 13.0. The van der Waals surface area contributed by atoms with Crippen LogP contribution in [0.5, 0.6) is 0 Å². The summed E-state index contributed by atoms with van der Waals surface area (Å²) in [5.74, 6) is 0.627. The molecule has 27 heavy (non-hydrogen) atoms. The molecule has 0 saturated heterocycles. The Morgan fingerprint density at radius 1 is 1.07 bits per heavy atom. The number of aliphatic hydroxyl groups is 1. The van der Waals surface area contributed by atoms with Crippen molar-refractivity contribution in [3.8, 4) is 0 Å². The van der Waals surface area contributed by atoms with Crippen LogP contribution in [-0.2, 0) is 6.54 Å². The first kappa shape index (κ1) is 17.0. The third-order valence-corrected chi connectivity index (χ3v) is 6.73. The zero-order valence-electron chi connectivity index (χ0n) is 16.4. The molecule has 1 aromatic heterocycles. The van der Waals surface area contributed by atoms with Crippen molar-refractivity contribution in [2.75, 3.05) is 13.6 Å². The SMILES string of the molecule is Cc1ccc2c(c1)c1c3n2C(C)C(O)C(c2ccccc2)CC3CN(C)C1. The lowest BCUT2D eigenvalue weighted by molar-refractivity contribution is 0.0953. The van der Waals surface area contributed by atoms with E-state index in [1.54, 1.807) is 0 Å². The Morgan fingerprint density at radius 2 is 1.85 bits per heavy atom. The number of aliphatic hydroxyl groups excluding tert-OH is 1. The fourth-order valence-corrected chi connectivity index (χ4v) is 5.51. The maximum atomic E-state index is 11.4. The second-order valence-corrected chi connectivity index (χ2v) is 8.63. The van der Waals surface area contributed by atoms with Gasteiger partial charge in [0.25, 0.3) is 0 Å². The second-order valence-electron chi connectivity index (χ2n) is 8.63. The predicted octanol–water partition coefficient (Wildman–Crippen LogP) is 4.59. The molecule has 3 heterocycles. The van der Waals surface area contributed by atoms with Crippen LogP contribution in [0.3, 0.4) is 0 Å². The van der Waals surface area contributed by atoms with Crippen LogP contribution in [0.25, 0.3) is 10.9 Å². The van der Waals surface area contributed by atoms with Gasteiger partial charge in [-0.1, -0.05) is 42.0 Å². The summed E-state index contributed by atoms with van der Waals surface area (Å²) < 4.78 is 2.47. The fourth-order valence-electron chi connectivity index (χ4n) is 5.51. The monoisotopic (exact) mass is 360 g/mol. The lowest BCUT2D eigenvalue weighted by atomic mass is 9.81. The first-order valence-corrected chi connectivity index (χ1v) is 10.1. The van der Waals surface area contributed by atoms with Crippen LogP contribution < -0.4 is 0 Å². The molecule has 5 rings (SSSR count). The Bertz CT molecular complexity index is 991. The van der Waals surface area contributed by atoms with Crippen LogP contribution in [-0.4, -0.2) is 34.3 Å². The highest BCUT2D eigenvalue weighted by molar-refractivity contribution is 5.87. The van der Waals surface area contributed by atoms with Gasteiger partial charge in [-0.05, 0) is 50.6 Å². The van der Waals surface area contributed by atoms with E-state index in [0.717, 1.165) is 19.5 Å². The smallest absolute Gasteiger partial charge is 0.0813 e. The molecule has 2 aromatic carbocycles. The van der Waals surface area contributed by atoms with Gasteiger partial charge in [-0.3, -0.25) is 0 Å². The largest absolute Gasteiger partial charge is 0.390 e. The Morgan fingerprint density at radius 3 is 2.63 bits per heavy atom. The number of aryl methyl sites for hydroxylation is 1. The average Bonchev–Trinajstić information content (AvgIpc) is 2.93. The normalized spacial score (nSPS) is 28.1. The molecule has 4 unspecified atom stereocenters. The van der Waals surface area contributed by atoms with E-state index in [9.17, 15) is 5.11 Å². The Balaban J connectivity index is 1.73. The number of fused-ring (bicyclic) bond motifs is 3. The van der Waals surface area contributed by atoms with E-state index in [4.69, 9.17) is 0 Å². The molecule has 3 nitrogen and oxygen atoms in total. The van der Waals surface area contributed by atoms with Crippen LogP contribution in [0, 0.1) is 6.92 Å². The highest BCUT2D eigenvalue weighted by atomic mass is 16.3. The first-order valence-electron chi connectivity index (χ1n) is 10.1. The molecule has 0 saturated carbocycles. The van der Waals surface area contributed by atoms with Crippen molar-refractivity contribution in [2.24, 2.45) is 0 Å². The second kappa shape index (κ2) is 6.22. The summed E-state index contributed by atoms with van der Waals surface area (Å²) in [5.41, 5.74) is 6.79. The van der Waals surface area contributed by atoms with Gasteiger partial charge >= 0.3 is 0 Å². The van der Waals surface area contributed by atoms with Crippen molar-refractivity contribution in [1.82, 2.24) is 9.47 Å². The molecule has 3 heteroatoms. The van der Waals surface area contributed by atoms with Crippen LogP contribution in [0.15, 0.2) is 48.5 Å². The Labute approximate surface area is 161 Å². The summed E-state index contributed by atoms with van der Waals surface area (Å²) in [7, 11) is 2.23. The molecule has 2 aliphatic heterocycles. The number of nitrogens with zero attached hydrogens (tertiary/aromatic N) is 2. The summed E-state index contributed by atoms with van der Waals surface area (Å²) in [6, 6.07) is 17.5. The maximum Gasteiger partial charge on any atom is 0.0813 e. The average molecular weight is 361 g/mol. The zero-order chi connectivity index (χ0) is 18.7. The number of rotatable bonds is 1. The summed E-state index contributed by atoms with van der Waals surface area (Å²) in [6.07, 6.45) is 0.617.